The van der Waals surface area contributed by atoms with E-state index in [4.69, 9.17) is 4.74 Å². The van der Waals surface area contributed by atoms with Crippen LogP contribution in [0.4, 0.5) is 0 Å². The van der Waals surface area contributed by atoms with E-state index in [0.717, 1.165) is 5.75 Å². The van der Waals surface area contributed by atoms with E-state index in [9.17, 15) is 0 Å². The molecule has 0 saturated heterocycles. The fourth-order valence-electron chi connectivity index (χ4n) is 0.557. The summed E-state index contributed by atoms with van der Waals surface area (Å²) in [5.74, 6) is 0.910. The van der Waals surface area contributed by atoms with Crippen LogP contribution in [0.25, 0.3) is 0 Å². The van der Waals surface area contributed by atoms with Crippen LogP contribution in [0.15, 0.2) is 30.3 Å². The maximum Gasteiger partial charge on any atom is 1.00 e. The fourth-order valence-corrected chi connectivity index (χ4v) is 0.557. The second-order valence-electron chi connectivity index (χ2n) is 1.52. The summed E-state index contributed by atoms with van der Waals surface area (Å²) in [7, 11) is 1.66. The van der Waals surface area contributed by atoms with E-state index in [1.165, 1.54) is 0 Å². The Hall–Kier alpha value is 0.370. The Labute approximate surface area is 90.5 Å². The zero-order valence-corrected chi connectivity index (χ0v) is 9.14. The molecule has 1 aromatic carbocycles. The fraction of sp³-hybridized carbons (Fsp3) is 0.143. The van der Waals surface area contributed by atoms with Gasteiger partial charge in [0, 0.05) is 0 Å². The zero-order valence-electron chi connectivity index (χ0n) is 6.24. The number of para-hydroxylation sites is 1. The van der Waals surface area contributed by atoms with E-state index >= 15 is 0 Å². The van der Waals surface area contributed by atoms with Crippen LogP contribution in [-0.2, 0) is 13.5 Å². The molecule has 0 aliphatic rings. The van der Waals surface area contributed by atoms with Gasteiger partial charge in [0.15, 0.2) is 0 Å². The summed E-state index contributed by atoms with van der Waals surface area (Å²) in [6.07, 6.45) is 0. The molecule has 0 aliphatic heterocycles. The van der Waals surface area contributed by atoms with E-state index in [1.807, 2.05) is 30.3 Å². The van der Waals surface area contributed by atoms with Crippen LogP contribution in [0.2, 0.25) is 0 Å². The number of methoxy groups -OCH3 is 1. The van der Waals surface area contributed by atoms with E-state index in [-0.39, 0.29) is 43.1 Å². The van der Waals surface area contributed by atoms with E-state index in [2.05, 4.69) is 0 Å². The average molecular weight is 164 g/mol. The first-order valence-electron chi connectivity index (χ1n) is 2.52. The molecule has 1 aromatic rings. The van der Waals surface area contributed by atoms with Crippen LogP contribution in [0.3, 0.4) is 0 Å². The Kier molecular flexibility index (Phi) is 9.72. The van der Waals surface area contributed by atoms with Crippen molar-refractivity contribution in [3.63, 3.8) is 0 Å². The zero-order chi connectivity index (χ0) is 5.82. The third-order valence-corrected chi connectivity index (χ3v) is 0.979. The van der Waals surface area contributed by atoms with Crippen molar-refractivity contribution < 1.29 is 34.3 Å². The Bertz CT molecular complexity index is 155. The summed E-state index contributed by atoms with van der Waals surface area (Å²) in [5, 5.41) is 0. The molecule has 0 spiro atoms. The maximum absolute atomic E-state index is 4.91. The smallest absolute Gasteiger partial charge is 0.813 e. The molecule has 10 heavy (non-hydrogen) atoms. The van der Waals surface area contributed by atoms with Gasteiger partial charge in [0.25, 0.3) is 0 Å². The summed E-state index contributed by atoms with van der Waals surface area (Å²) in [6, 6.07) is 9.68. The van der Waals surface area contributed by atoms with Crippen LogP contribution in [0, 0.1) is 0 Å². The minimum absolute atomic E-state index is 0. The number of hydrogen-bond acceptors (Lipinski definition) is 2. The molecule has 1 rings (SSSR count). The molecule has 0 N–H and O–H groups in total. The number of thiol groups is 1. The number of rotatable bonds is 1. The van der Waals surface area contributed by atoms with Gasteiger partial charge < -0.3 is 18.2 Å². The minimum atomic E-state index is 0. The maximum atomic E-state index is 4.91. The predicted molar refractivity (Wildman–Crippen MR) is 41.8 cm³/mol. The van der Waals surface area contributed by atoms with E-state index in [1.54, 1.807) is 7.11 Å². The summed E-state index contributed by atoms with van der Waals surface area (Å²) < 4.78 is 4.91. The van der Waals surface area contributed by atoms with Crippen LogP contribution >= 0.6 is 0 Å². The summed E-state index contributed by atoms with van der Waals surface area (Å²) in [4.78, 5) is 0. The molecule has 0 saturated carbocycles. The van der Waals surface area contributed by atoms with Gasteiger partial charge in [-0.1, -0.05) is 18.2 Å². The Morgan fingerprint density at radius 3 is 1.90 bits per heavy atom. The molecule has 3 heteroatoms. The van der Waals surface area contributed by atoms with Gasteiger partial charge in [-0.05, 0) is 12.1 Å². The van der Waals surface area contributed by atoms with Gasteiger partial charge in [-0.2, -0.15) is 0 Å². The van der Waals surface area contributed by atoms with Crippen molar-refractivity contribution in [1.29, 1.82) is 0 Å². The van der Waals surface area contributed by atoms with E-state index in [0.29, 0.717) is 0 Å². The second-order valence-corrected chi connectivity index (χ2v) is 1.52. The van der Waals surface area contributed by atoms with Gasteiger partial charge in [-0.15, -0.1) is 0 Å². The van der Waals surface area contributed by atoms with Crippen LogP contribution in [-0.4, -0.2) is 7.11 Å². The molecule has 0 fully saturated rings. The van der Waals surface area contributed by atoms with Gasteiger partial charge in [0.2, 0.25) is 0 Å². The van der Waals surface area contributed by atoms with E-state index < -0.39 is 0 Å². The summed E-state index contributed by atoms with van der Waals surface area (Å²) in [5.41, 5.74) is 0. The normalized spacial score (nSPS) is 6.90. The minimum Gasteiger partial charge on any atom is -0.813 e. The molecule has 0 bridgehead atoms. The largest absolute Gasteiger partial charge is 1.00 e. The molecule has 0 atom stereocenters. The molecule has 50 valence electrons. The quantitative estimate of drug-likeness (QED) is 0.282. The van der Waals surface area contributed by atoms with Crippen molar-refractivity contribution >= 4 is 13.5 Å². The third kappa shape index (κ3) is 4.23. The Balaban J connectivity index is 0. The number of ether oxygens (including phenoxy) is 1. The Morgan fingerprint density at radius 2 is 1.60 bits per heavy atom. The second kappa shape index (κ2) is 7.48. The average Bonchev–Trinajstić information content (AvgIpc) is 1.90. The van der Waals surface area contributed by atoms with Crippen molar-refractivity contribution in [2.75, 3.05) is 7.11 Å². The van der Waals surface area contributed by atoms with Crippen molar-refractivity contribution in [1.82, 2.24) is 0 Å². The van der Waals surface area contributed by atoms with Crippen molar-refractivity contribution in [2.24, 2.45) is 0 Å². The van der Waals surface area contributed by atoms with Crippen molar-refractivity contribution in [3.8, 4) is 5.75 Å². The van der Waals surface area contributed by atoms with Crippen LogP contribution in [0.5, 0.6) is 5.75 Å². The SMILES string of the molecule is COc1ccccc1.[Na+].[SH-]. The first kappa shape index (κ1) is 13.0. The molecule has 0 heterocycles. The van der Waals surface area contributed by atoms with Gasteiger partial charge >= 0.3 is 29.6 Å². The molecule has 0 radical (unpaired) electrons. The topological polar surface area (TPSA) is 9.23 Å². The predicted octanol–water partition coefficient (Wildman–Crippen LogP) is -1.57. The summed E-state index contributed by atoms with van der Waals surface area (Å²) >= 11 is 0. The number of hydrogen-bond donors (Lipinski definition) is 0. The molecule has 0 amide bonds. The van der Waals surface area contributed by atoms with Gasteiger partial charge in [-0.3, -0.25) is 0 Å². The Morgan fingerprint density at radius 1 is 1.10 bits per heavy atom. The summed E-state index contributed by atoms with van der Waals surface area (Å²) in [6.45, 7) is 0. The van der Waals surface area contributed by atoms with Crippen molar-refractivity contribution in [2.45, 2.75) is 0 Å². The van der Waals surface area contributed by atoms with Crippen LogP contribution in [0.1, 0.15) is 0 Å². The van der Waals surface area contributed by atoms with Crippen molar-refractivity contribution in [3.05, 3.63) is 30.3 Å². The third-order valence-electron chi connectivity index (χ3n) is 0.979. The monoisotopic (exact) mass is 164 g/mol. The number of benzene rings is 1. The molecule has 0 aromatic heterocycles. The van der Waals surface area contributed by atoms with Crippen LogP contribution < -0.4 is 34.3 Å². The standard InChI is InChI=1S/C7H8O.Na.H2S/c1-8-7-5-3-2-4-6-7;;/h2-6H,1H3;;1H2/q;+1;/p-1. The van der Waals surface area contributed by atoms with Gasteiger partial charge in [0.1, 0.15) is 5.75 Å². The van der Waals surface area contributed by atoms with Gasteiger partial charge in [-0.25, -0.2) is 0 Å². The first-order chi connectivity index (χ1) is 3.93. The molecule has 0 aliphatic carbocycles. The first-order valence-corrected chi connectivity index (χ1v) is 2.52. The molecular formula is C7H9NaOS. The molecule has 0 unspecified atom stereocenters. The molecule has 1 nitrogen and oxygen atoms in total. The molecular weight excluding hydrogens is 155 g/mol. The van der Waals surface area contributed by atoms with Gasteiger partial charge in [0.05, 0.1) is 7.11 Å².